The van der Waals surface area contributed by atoms with Crippen LogP contribution in [0.2, 0.25) is 0 Å². The van der Waals surface area contributed by atoms with Crippen molar-refractivity contribution >= 4 is 17.2 Å². The number of nitrogens with zero attached hydrogens (tertiary/aromatic N) is 5. The molecule has 4 aromatic rings. The van der Waals surface area contributed by atoms with Crippen molar-refractivity contribution in [2.24, 2.45) is 0 Å². The fourth-order valence-corrected chi connectivity index (χ4v) is 5.01. The zero-order chi connectivity index (χ0) is 25.0. The van der Waals surface area contributed by atoms with Crippen LogP contribution in [0.15, 0.2) is 54.5 Å². The molecule has 1 unspecified atom stereocenters. The van der Waals surface area contributed by atoms with Crippen LogP contribution in [0.3, 0.4) is 0 Å². The molecule has 0 bridgehead atoms. The second-order valence-electron chi connectivity index (χ2n) is 9.04. The number of benzene rings is 1. The lowest BCUT2D eigenvalue weighted by molar-refractivity contribution is -0.206. The maximum Gasteiger partial charge on any atom is 0.418 e. The van der Waals surface area contributed by atoms with E-state index >= 15 is 0 Å². The van der Waals surface area contributed by atoms with Gasteiger partial charge in [0.2, 0.25) is 5.95 Å². The third-order valence-electron chi connectivity index (χ3n) is 6.71. The number of rotatable bonds is 4. The van der Waals surface area contributed by atoms with Gasteiger partial charge in [-0.2, -0.15) is 27.8 Å². The highest BCUT2D eigenvalue weighted by atomic mass is 19.4. The SMILES string of the molecule is OC(c1cnn2c(N[C@@H]3CCC4=C(C3)c3ccccc3C4)nc(-c3cncc(F)c3)nc12)C(F)(F)F. The average molecular weight is 496 g/mol. The van der Waals surface area contributed by atoms with Crippen molar-refractivity contribution in [3.05, 3.63) is 77.0 Å². The Labute approximate surface area is 202 Å². The lowest BCUT2D eigenvalue weighted by Crippen LogP contribution is -2.26. The highest BCUT2D eigenvalue weighted by molar-refractivity contribution is 5.77. The van der Waals surface area contributed by atoms with Crippen LogP contribution in [0.25, 0.3) is 22.6 Å². The van der Waals surface area contributed by atoms with Gasteiger partial charge in [-0.05, 0) is 48.4 Å². The van der Waals surface area contributed by atoms with Gasteiger partial charge in [-0.15, -0.1) is 0 Å². The van der Waals surface area contributed by atoms with Crippen molar-refractivity contribution in [1.29, 1.82) is 0 Å². The van der Waals surface area contributed by atoms with Crippen LogP contribution in [0.4, 0.5) is 23.5 Å². The van der Waals surface area contributed by atoms with Crippen LogP contribution in [0.5, 0.6) is 0 Å². The van der Waals surface area contributed by atoms with Gasteiger partial charge in [-0.1, -0.05) is 29.8 Å². The summed E-state index contributed by atoms with van der Waals surface area (Å²) in [6, 6.07) is 9.35. The molecule has 7 nitrogen and oxygen atoms in total. The van der Waals surface area contributed by atoms with Crippen LogP contribution >= 0.6 is 0 Å². The quantitative estimate of drug-likeness (QED) is 0.391. The number of hydrogen-bond donors (Lipinski definition) is 2. The molecule has 0 radical (unpaired) electrons. The zero-order valence-electron chi connectivity index (χ0n) is 18.8. The largest absolute Gasteiger partial charge is 0.418 e. The molecule has 1 aromatic carbocycles. The molecule has 2 atom stereocenters. The van der Waals surface area contributed by atoms with Gasteiger partial charge < -0.3 is 10.4 Å². The molecular weight excluding hydrogens is 476 g/mol. The molecule has 2 N–H and O–H groups in total. The summed E-state index contributed by atoms with van der Waals surface area (Å²) < 4.78 is 55.0. The number of pyridine rings is 1. The number of anilines is 1. The molecule has 2 aliphatic rings. The Hall–Kier alpha value is -3.86. The molecule has 2 aliphatic carbocycles. The summed E-state index contributed by atoms with van der Waals surface area (Å²) in [4.78, 5) is 12.4. The fraction of sp³-hybridized carbons (Fsp3) is 0.280. The Balaban J connectivity index is 1.40. The van der Waals surface area contributed by atoms with E-state index < -0.39 is 23.7 Å². The highest BCUT2D eigenvalue weighted by Crippen LogP contribution is 2.42. The lowest BCUT2D eigenvalue weighted by Gasteiger charge is -2.26. The summed E-state index contributed by atoms with van der Waals surface area (Å²) >= 11 is 0. The summed E-state index contributed by atoms with van der Waals surface area (Å²) in [6.07, 6.45) is -1.11. The first-order valence-electron chi connectivity index (χ1n) is 11.4. The van der Waals surface area contributed by atoms with E-state index in [4.69, 9.17) is 0 Å². The first kappa shape index (κ1) is 22.6. The number of fused-ring (bicyclic) bond motifs is 3. The molecule has 3 aromatic heterocycles. The van der Waals surface area contributed by atoms with E-state index in [-0.39, 0.29) is 29.0 Å². The van der Waals surface area contributed by atoms with E-state index in [1.807, 2.05) is 12.1 Å². The standard InChI is InChI=1S/C25H20F4N6O/c26-16-8-15(10-30-11-16)22-33-23-20(21(36)25(27,28)29)12-31-35(23)24(34-22)32-17-6-5-14-7-13-3-1-2-4-18(13)19(14)9-17/h1-4,8,10-12,17,21,36H,5-7,9H2,(H,32,33,34)/t17-,21?/m1/s1. The summed E-state index contributed by atoms with van der Waals surface area (Å²) in [5.74, 6) is -0.517. The number of nitrogens with one attached hydrogen (secondary N) is 1. The third-order valence-corrected chi connectivity index (χ3v) is 6.71. The number of aromatic nitrogens is 5. The first-order chi connectivity index (χ1) is 17.3. The van der Waals surface area contributed by atoms with Gasteiger partial charge in [-0.3, -0.25) is 4.98 Å². The maximum atomic E-state index is 13.8. The second-order valence-corrected chi connectivity index (χ2v) is 9.04. The molecule has 184 valence electrons. The van der Waals surface area contributed by atoms with Crippen molar-refractivity contribution in [3.8, 4) is 11.4 Å². The Kier molecular flexibility index (Phi) is 5.25. The third kappa shape index (κ3) is 3.89. The smallest absolute Gasteiger partial charge is 0.379 e. The van der Waals surface area contributed by atoms with Crippen LogP contribution in [0.1, 0.15) is 42.1 Å². The van der Waals surface area contributed by atoms with Crippen molar-refractivity contribution in [2.45, 2.75) is 44.0 Å². The van der Waals surface area contributed by atoms with E-state index in [9.17, 15) is 22.7 Å². The minimum absolute atomic E-state index is 0.0324. The van der Waals surface area contributed by atoms with Crippen LogP contribution < -0.4 is 5.32 Å². The number of alkyl halides is 3. The number of hydrogen-bond acceptors (Lipinski definition) is 6. The van der Waals surface area contributed by atoms with Gasteiger partial charge in [0.25, 0.3) is 0 Å². The van der Waals surface area contributed by atoms with Gasteiger partial charge in [0.05, 0.1) is 18.0 Å². The number of aliphatic hydroxyl groups excluding tert-OH is 1. The van der Waals surface area contributed by atoms with Crippen LogP contribution in [-0.2, 0) is 6.42 Å². The van der Waals surface area contributed by atoms with Gasteiger partial charge in [0, 0.05) is 17.8 Å². The molecule has 11 heteroatoms. The molecule has 0 amide bonds. The Morgan fingerprint density at radius 3 is 2.75 bits per heavy atom. The van der Waals surface area contributed by atoms with Crippen LogP contribution in [-0.4, -0.2) is 41.9 Å². The van der Waals surface area contributed by atoms with Gasteiger partial charge in [0.1, 0.15) is 5.82 Å². The zero-order valence-corrected chi connectivity index (χ0v) is 18.8. The monoisotopic (exact) mass is 496 g/mol. The summed E-state index contributed by atoms with van der Waals surface area (Å²) in [5, 5.41) is 17.3. The topological polar surface area (TPSA) is 88.2 Å². The lowest BCUT2D eigenvalue weighted by atomic mass is 9.88. The average Bonchev–Trinajstić information content (AvgIpc) is 3.44. The Morgan fingerprint density at radius 1 is 1.11 bits per heavy atom. The maximum absolute atomic E-state index is 13.8. The molecular formula is C25H20F4N6O. The van der Waals surface area contributed by atoms with Crippen LogP contribution in [0, 0.1) is 5.82 Å². The predicted octanol–water partition coefficient (Wildman–Crippen LogP) is 4.90. The van der Waals surface area contributed by atoms with Crippen molar-refractivity contribution in [3.63, 3.8) is 0 Å². The van der Waals surface area contributed by atoms with Crippen molar-refractivity contribution in [2.75, 3.05) is 5.32 Å². The summed E-state index contributed by atoms with van der Waals surface area (Å²) in [5.41, 5.74) is 4.66. The van der Waals surface area contributed by atoms with E-state index in [0.29, 0.717) is 6.42 Å². The predicted molar refractivity (Wildman–Crippen MR) is 123 cm³/mol. The first-order valence-corrected chi connectivity index (χ1v) is 11.4. The minimum Gasteiger partial charge on any atom is -0.379 e. The molecule has 0 fully saturated rings. The summed E-state index contributed by atoms with van der Waals surface area (Å²) in [6.45, 7) is 0. The molecule has 0 saturated heterocycles. The Morgan fingerprint density at radius 2 is 1.94 bits per heavy atom. The van der Waals surface area contributed by atoms with E-state index in [1.165, 1.54) is 28.5 Å². The number of halogens is 4. The van der Waals surface area contributed by atoms with Crippen molar-refractivity contribution < 1.29 is 22.7 Å². The van der Waals surface area contributed by atoms with Gasteiger partial charge in [-0.25, -0.2) is 9.37 Å². The molecule has 0 aliphatic heterocycles. The highest BCUT2D eigenvalue weighted by Gasteiger charge is 2.42. The van der Waals surface area contributed by atoms with Crippen molar-refractivity contribution in [1.82, 2.24) is 24.6 Å². The van der Waals surface area contributed by atoms with E-state index in [0.717, 1.165) is 42.2 Å². The molecule has 6 rings (SSSR count). The molecule has 3 heterocycles. The number of aliphatic hydroxyl groups is 1. The second kappa shape index (κ2) is 8.37. The van der Waals surface area contributed by atoms with E-state index in [2.05, 4.69) is 37.5 Å². The number of allylic oxidation sites excluding steroid dienone is 1. The van der Waals surface area contributed by atoms with Gasteiger partial charge >= 0.3 is 6.18 Å². The molecule has 0 saturated carbocycles. The normalized spacial score (nSPS) is 18.3. The Bertz CT molecular complexity index is 1510. The minimum atomic E-state index is -4.91. The van der Waals surface area contributed by atoms with E-state index in [1.54, 1.807) is 0 Å². The fourth-order valence-electron chi connectivity index (χ4n) is 5.01. The van der Waals surface area contributed by atoms with Gasteiger partial charge in [0.15, 0.2) is 17.6 Å². The molecule has 36 heavy (non-hydrogen) atoms. The molecule has 0 spiro atoms. The summed E-state index contributed by atoms with van der Waals surface area (Å²) in [7, 11) is 0.